The Kier molecular flexibility index (Phi) is 4.12. The summed E-state index contributed by atoms with van der Waals surface area (Å²) in [7, 11) is 0. The molecule has 1 saturated heterocycles. The summed E-state index contributed by atoms with van der Waals surface area (Å²) >= 11 is 6.04. The molecule has 0 saturated carbocycles. The van der Waals surface area contributed by atoms with Crippen LogP contribution < -0.4 is 5.32 Å². The third-order valence-corrected chi connectivity index (χ3v) is 3.77. The zero-order chi connectivity index (χ0) is 13.1. The number of anilines is 1. The molecular formula is C14H19ClN2O. The normalized spacial score (nSPS) is 19.7. The molecule has 1 N–H and O–H groups in total. The van der Waals surface area contributed by atoms with E-state index < -0.39 is 0 Å². The molecule has 2 amide bonds. The Morgan fingerprint density at radius 2 is 2.28 bits per heavy atom. The number of nitrogens with zero attached hydrogens (tertiary/aromatic N) is 1. The summed E-state index contributed by atoms with van der Waals surface area (Å²) in [6, 6.07) is 5.56. The number of piperidine rings is 1. The van der Waals surface area contributed by atoms with Crippen molar-refractivity contribution in [2.75, 3.05) is 18.4 Å². The van der Waals surface area contributed by atoms with E-state index in [1.165, 1.54) is 6.42 Å². The Morgan fingerprint density at radius 1 is 1.50 bits per heavy atom. The van der Waals surface area contributed by atoms with Gasteiger partial charge in [0.25, 0.3) is 0 Å². The number of likely N-dealkylation sites (tertiary alicyclic amines) is 1. The minimum Gasteiger partial charge on any atom is -0.324 e. The van der Waals surface area contributed by atoms with Crippen LogP contribution in [-0.2, 0) is 0 Å². The molecule has 0 spiro atoms. The largest absolute Gasteiger partial charge is 0.324 e. The van der Waals surface area contributed by atoms with E-state index in [9.17, 15) is 4.79 Å². The number of halogens is 1. The van der Waals surface area contributed by atoms with E-state index in [2.05, 4.69) is 12.2 Å². The standard InChI is InChI=1S/C14H19ClN2O/c1-10-4-3-7-17(9-10)14(18)16-12-6-5-11(2)13(15)8-12/h5-6,8,10H,3-4,7,9H2,1-2H3,(H,16,18)/t10-/m0/s1. The first-order valence-corrected chi connectivity index (χ1v) is 6.76. The van der Waals surface area contributed by atoms with Crippen LogP contribution in [0.25, 0.3) is 0 Å². The van der Waals surface area contributed by atoms with Gasteiger partial charge in [0.05, 0.1) is 0 Å². The highest BCUT2D eigenvalue weighted by molar-refractivity contribution is 6.31. The number of hydrogen-bond acceptors (Lipinski definition) is 1. The smallest absolute Gasteiger partial charge is 0.321 e. The summed E-state index contributed by atoms with van der Waals surface area (Å²) in [4.78, 5) is 14.0. The van der Waals surface area contributed by atoms with Crippen LogP contribution in [-0.4, -0.2) is 24.0 Å². The van der Waals surface area contributed by atoms with E-state index in [4.69, 9.17) is 11.6 Å². The lowest BCUT2D eigenvalue weighted by molar-refractivity contribution is 0.182. The van der Waals surface area contributed by atoms with E-state index in [0.29, 0.717) is 10.9 Å². The van der Waals surface area contributed by atoms with Crippen molar-refractivity contribution in [1.82, 2.24) is 4.90 Å². The van der Waals surface area contributed by atoms with Crippen molar-refractivity contribution in [2.45, 2.75) is 26.7 Å². The van der Waals surface area contributed by atoms with Crippen LogP contribution in [0.4, 0.5) is 10.5 Å². The number of rotatable bonds is 1. The Morgan fingerprint density at radius 3 is 2.94 bits per heavy atom. The highest BCUT2D eigenvalue weighted by Gasteiger charge is 2.20. The van der Waals surface area contributed by atoms with Gasteiger partial charge in [0.1, 0.15) is 0 Å². The van der Waals surface area contributed by atoms with Gasteiger partial charge in [0.15, 0.2) is 0 Å². The third-order valence-electron chi connectivity index (χ3n) is 3.37. The molecule has 1 aliphatic heterocycles. The lowest BCUT2D eigenvalue weighted by atomic mass is 10.0. The maximum atomic E-state index is 12.1. The lowest BCUT2D eigenvalue weighted by Crippen LogP contribution is -2.41. The maximum absolute atomic E-state index is 12.1. The number of amides is 2. The van der Waals surface area contributed by atoms with E-state index in [1.54, 1.807) is 6.07 Å². The van der Waals surface area contributed by atoms with Crippen molar-refractivity contribution in [3.8, 4) is 0 Å². The second kappa shape index (κ2) is 5.61. The summed E-state index contributed by atoms with van der Waals surface area (Å²) in [5.74, 6) is 0.589. The van der Waals surface area contributed by atoms with Crippen LogP contribution in [0, 0.1) is 12.8 Å². The molecule has 2 rings (SSSR count). The number of nitrogens with one attached hydrogen (secondary N) is 1. The zero-order valence-corrected chi connectivity index (χ0v) is 11.6. The summed E-state index contributed by atoms with van der Waals surface area (Å²) < 4.78 is 0. The highest BCUT2D eigenvalue weighted by atomic mass is 35.5. The van der Waals surface area contributed by atoms with E-state index in [0.717, 1.165) is 30.8 Å². The Balaban J connectivity index is 2.00. The van der Waals surface area contributed by atoms with Crippen LogP contribution in [0.15, 0.2) is 18.2 Å². The van der Waals surface area contributed by atoms with Gasteiger partial charge < -0.3 is 10.2 Å². The molecule has 1 atom stereocenters. The van der Waals surface area contributed by atoms with Gasteiger partial charge in [-0.3, -0.25) is 0 Å². The Bertz CT molecular complexity index is 447. The Labute approximate surface area is 113 Å². The maximum Gasteiger partial charge on any atom is 0.321 e. The summed E-state index contributed by atoms with van der Waals surface area (Å²) in [6.07, 6.45) is 2.30. The summed E-state index contributed by atoms with van der Waals surface area (Å²) in [6.45, 7) is 5.81. The van der Waals surface area contributed by atoms with Gasteiger partial charge in [-0.2, -0.15) is 0 Å². The number of hydrogen-bond donors (Lipinski definition) is 1. The summed E-state index contributed by atoms with van der Waals surface area (Å²) in [5.41, 5.74) is 1.77. The second-order valence-electron chi connectivity index (χ2n) is 5.09. The first-order chi connectivity index (χ1) is 8.56. The van der Waals surface area contributed by atoms with Crippen molar-refractivity contribution < 1.29 is 4.79 Å². The van der Waals surface area contributed by atoms with Crippen molar-refractivity contribution >= 4 is 23.3 Å². The van der Waals surface area contributed by atoms with Crippen molar-refractivity contribution in [1.29, 1.82) is 0 Å². The molecular weight excluding hydrogens is 248 g/mol. The van der Waals surface area contributed by atoms with E-state index in [1.807, 2.05) is 24.0 Å². The molecule has 1 aliphatic rings. The number of carbonyl (C=O) groups excluding carboxylic acids is 1. The number of aryl methyl sites for hydroxylation is 1. The third kappa shape index (κ3) is 3.16. The average Bonchev–Trinajstić information content (AvgIpc) is 2.34. The minimum atomic E-state index is -0.0264. The fraction of sp³-hybridized carbons (Fsp3) is 0.500. The molecule has 0 aliphatic carbocycles. The lowest BCUT2D eigenvalue weighted by Gasteiger charge is -2.30. The van der Waals surface area contributed by atoms with Crippen LogP contribution >= 0.6 is 11.6 Å². The van der Waals surface area contributed by atoms with Gasteiger partial charge in [0, 0.05) is 23.8 Å². The molecule has 0 aromatic heterocycles. The highest BCUT2D eigenvalue weighted by Crippen LogP contribution is 2.21. The second-order valence-corrected chi connectivity index (χ2v) is 5.49. The monoisotopic (exact) mass is 266 g/mol. The predicted octanol–water partition coefficient (Wildman–Crippen LogP) is 3.91. The van der Waals surface area contributed by atoms with Crippen LogP contribution in [0.1, 0.15) is 25.3 Å². The van der Waals surface area contributed by atoms with Gasteiger partial charge in [-0.25, -0.2) is 4.79 Å². The topological polar surface area (TPSA) is 32.3 Å². The molecule has 0 bridgehead atoms. The quantitative estimate of drug-likeness (QED) is 0.821. The molecule has 1 aromatic carbocycles. The molecule has 0 unspecified atom stereocenters. The molecule has 1 fully saturated rings. The molecule has 0 radical (unpaired) electrons. The van der Waals surface area contributed by atoms with Crippen LogP contribution in [0.2, 0.25) is 5.02 Å². The van der Waals surface area contributed by atoms with Crippen LogP contribution in [0.5, 0.6) is 0 Å². The fourth-order valence-electron chi connectivity index (χ4n) is 2.25. The molecule has 3 nitrogen and oxygen atoms in total. The number of urea groups is 1. The van der Waals surface area contributed by atoms with E-state index >= 15 is 0 Å². The van der Waals surface area contributed by atoms with Crippen molar-refractivity contribution in [2.24, 2.45) is 5.92 Å². The zero-order valence-electron chi connectivity index (χ0n) is 10.9. The first-order valence-electron chi connectivity index (χ1n) is 6.38. The van der Waals surface area contributed by atoms with Gasteiger partial charge in [-0.05, 0) is 43.4 Å². The fourth-order valence-corrected chi connectivity index (χ4v) is 2.43. The Hall–Kier alpha value is -1.22. The molecule has 1 heterocycles. The average molecular weight is 267 g/mol. The van der Waals surface area contributed by atoms with Gasteiger partial charge >= 0.3 is 6.03 Å². The molecule has 1 aromatic rings. The predicted molar refractivity (Wildman–Crippen MR) is 75.2 cm³/mol. The SMILES string of the molecule is Cc1ccc(NC(=O)N2CCC[C@H](C)C2)cc1Cl. The molecule has 4 heteroatoms. The van der Waals surface area contributed by atoms with Crippen LogP contribution in [0.3, 0.4) is 0 Å². The van der Waals surface area contributed by atoms with Gasteiger partial charge in [0.2, 0.25) is 0 Å². The van der Waals surface area contributed by atoms with Gasteiger partial charge in [-0.15, -0.1) is 0 Å². The van der Waals surface area contributed by atoms with Crippen molar-refractivity contribution in [3.05, 3.63) is 28.8 Å². The number of carbonyl (C=O) groups is 1. The first kappa shape index (κ1) is 13.2. The van der Waals surface area contributed by atoms with Crippen molar-refractivity contribution in [3.63, 3.8) is 0 Å². The summed E-state index contributed by atoms with van der Waals surface area (Å²) in [5, 5.41) is 3.58. The minimum absolute atomic E-state index is 0.0264. The van der Waals surface area contributed by atoms with E-state index in [-0.39, 0.29) is 6.03 Å². The molecule has 98 valence electrons. The number of benzene rings is 1. The molecule has 18 heavy (non-hydrogen) atoms. The van der Waals surface area contributed by atoms with Gasteiger partial charge in [-0.1, -0.05) is 24.6 Å².